The van der Waals surface area contributed by atoms with Gasteiger partial charge in [0.25, 0.3) is 0 Å². The zero-order valence-corrected chi connectivity index (χ0v) is 14.5. The average Bonchev–Trinajstić information content (AvgIpc) is 2.68. The number of benzene rings is 2. The van der Waals surface area contributed by atoms with Crippen molar-refractivity contribution in [1.29, 1.82) is 5.26 Å². The Labute approximate surface area is 152 Å². The minimum Gasteiger partial charge on any atom is -0.426 e. The second-order valence-corrected chi connectivity index (χ2v) is 6.48. The van der Waals surface area contributed by atoms with Crippen LogP contribution in [-0.2, 0) is 4.79 Å². The van der Waals surface area contributed by atoms with Crippen molar-refractivity contribution in [3.05, 3.63) is 65.5 Å². The molecule has 0 bridgehead atoms. The first-order valence-electron chi connectivity index (χ1n) is 8.86. The first kappa shape index (κ1) is 17.9. The summed E-state index contributed by atoms with van der Waals surface area (Å²) in [4.78, 5) is 12.3. The van der Waals surface area contributed by atoms with Gasteiger partial charge in [-0.15, -0.1) is 0 Å². The zero-order chi connectivity index (χ0) is 18.4. The van der Waals surface area contributed by atoms with Gasteiger partial charge in [0.2, 0.25) is 0 Å². The standard InChI is InChI=1S/C22H20FNO2/c23-21-12-5-4-11-20(21)18(15-24)13-16-7-6-10-19(14-16)26-22(25)17-8-2-1-3-9-17/h4-7,10-14,17H,1-3,8-9H2/b18-13-. The number of hydrogen-bond acceptors (Lipinski definition) is 3. The molecule has 1 saturated carbocycles. The van der Waals surface area contributed by atoms with Gasteiger partial charge in [0.1, 0.15) is 11.6 Å². The molecule has 2 aromatic carbocycles. The molecule has 0 saturated heterocycles. The largest absolute Gasteiger partial charge is 0.426 e. The smallest absolute Gasteiger partial charge is 0.314 e. The zero-order valence-electron chi connectivity index (χ0n) is 14.5. The van der Waals surface area contributed by atoms with Crippen LogP contribution in [0.2, 0.25) is 0 Å². The van der Waals surface area contributed by atoms with Gasteiger partial charge >= 0.3 is 5.97 Å². The summed E-state index contributed by atoms with van der Waals surface area (Å²) in [6.45, 7) is 0. The molecule has 0 heterocycles. The van der Waals surface area contributed by atoms with E-state index in [9.17, 15) is 14.4 Å². The Morgan fingerprint density at radius 1 is 1.12 bits per heavy atom. The Hall–Kier alpha value is -2.93. The third-order valence-corrected chi connectivity index (χ3v) is 4.61. The highest BCUT2D eigenvalue weighted by Gasteiger charge is 2.23. The van der Waals surface area contributed by atoms with Gasteiger partial charge in [-0.05, 0) is 42.7 Å². The average molecular weight is 349 g/mol. The fourth-order valence-corrected chi connectivity index (χ4v) is 3.22. The van der Waals surface area contributed by atoms with Gasteiger partial charge < -0.3 is 4.74 Å². The first-order chi connectivity index (χ1) is 12.7. The van der Waals surface area contributed by atoms with Crippen LogP contribution in [0.3, 0.4) is 0 Å². The fraction of sp³-hybridized carbons (Fsp3) is 0.273. The third-order valence-electron chi connectivity index (χ3n) is 4.61. The Kier molecular flexibility index (Phi) is 5.80. The van der Waals surface area contributed by atoms with Crippen molar-refractivity contribution < 1.29 is 13.9 Å². The molecule has 26 heavy (non-hydrogen) atoms. The molecule has 0 unspecified atom stereocenters. The topological polar surface area (TPSA) is 50.1 Å². The van der Waals surface area contributed by atoms with Crippen LogP contribution in [0, 0.1) is 23.1 Å². The van der Waals surface area contributed by atoms with Crippen LogP contribution in [0.25, 0.3) is 11.6 Å². The number of esters is 1. The molecular formula is C22H20FNO2. The molecule has 1 aliphatic rings. The van der Waals surface area contributed by atoms with Crippen molar-refractivity contribution in [1.82, 2.24) is 0 Å². The molecule has 0 atom stereocenters. The number of allylic oxidation sites excluding steroid dienone is 1. The number of nitriles is 1. The summed E-state index contributed by atoms with van der Waals surface area (Å²) < 4.78 is 19.4. The van der Waals surface area contributed by atoms with Gasteiger partial charge in [-0.2, -0.15) is 5.26 Å². The monoisotopic (exact) mass is 349 g/mol. The van der Waals surface area contributed by atoms with Gasteiger partial charge in [0.15, 0.2) is 0 Å². The summed E-state index contributed by atoms with van der Waals surface area (Å²) in [6.07, 6.45) is 6.66. The maximum absolute atomic E-state index is 13.9. The number of halogens is 1. The molecule has 4 heteroatoms. The van der Waals surface area contributed by atoms with Crippen LogP contribution in [0.15, 0.2) is 48.5 Å². The number of carbonyl (C=O) groups excluding carboxylic acids is 1. The summed E-state index contributed by atoms with van der Waals surface area (Å²) in [5.74, 6) is -0.225. The molecule has 0 radical (unpaired) electrons. The lowest BCUT2D eigenvalue weighted by Crippen LogP contribution is -2.22. The van der Waals surface area contributed by atoms with Crippen molar-refractivity contribution in [2.45, 2.75) is 32.1 Å². The van der Waals surface area contributed by atoms with E-state index < -0.39 is 5.82 Å². The molecule has 3 rings (SSSR count). The molecule has 3 nitrogen and oxygen atoms in total. The van der Waals surface area contributed by atoms with E-state index in [1.165, 1.54) is 12.5 Å². The number of hydrogen-bond donors (Lipinski definition) is 0. The van der Waals surface area contributed by atoms with E-state index in [1.807, 2.05) is 6.07 Å². The predicted octanol–water partition coefficient (Wildman–Crippen LogP) is 5.38. The van der Waals surface area contributed by atoms with Crippen LogP contribution < -0.4 is 4.74 Å². The molecule has 0 N–H and O–H groups in total. The van der Waals surface area contributed by atoms with Crippen LogP contribution >= 0.6 is 0 Å². The maximum Gasteiger partial charge on any atom is 0.314 e. The van der Waals surface area contributed by atoms with Crippen molar-refractivity contribution in [2.24, 2.45) is 5.92 Å². The molecule has 1 fully saturated rings. The van der Waals surface area contributed by atoms with E-state index in [4.69, 9.17) is 4.74 Å². The minimum atomic E-state index is -0.444. The van der Waals surface area contributed by atoms with Gasteiger partial charge in [0.05, 0.1) is 17.6 Å². The lowest BCUT2D eigenvalue weighted by molar-refractivity contribution is -0.139. The SMILES string of the molecule is N#C/C(=C/c1cccc(OC(=O)C2CCCCC2)c1)c1ccccc1F. The second-order valence-electron chi connectivity index (χ2n) is 6.48. The van der Waals surface area contributed by atoms with Gasteiger partial charge in [-0.1, -0.05) is 49.6 Å². The predicted molar refractivity (Wildman–Crippen MR) is 98.5 cm³/mol. The summed E-state index contributed by atoms with van der Waals surface area (Å²) in [5, 5.41) is 9.38. The van der Waals surface area contributed by atoms with Crippen LogP contribution in [-0.4, -0.2) is 5.97 Å². The molecule has 1 aliphatic carbocycles. The molecule has 132 valence electrons. The molecule has 0 amide bonds. The summed E-state index contributed by atoms with van der Waals surface area (Å²) >= 11 is 0. The van der Waals surface area contributed by atoms with E-state index in [0.717, 1.165) is 25.7 Å². The van der Waals surface area contributed by atoms with Crippen LogP contribution in [0.5, 0.6) is 5.75 Å². The highest BCUT2D eigenvalue weighted by molar-refractivity contribution is 5.90. The lowest BCUT2D eigenvalue weighted by Gasteiger charge is -2.19. The molecule has 0 aromatic heterocycles. The van der Waals surface area contributed by atoms with Gasteiger partial charge in [-0.25, -0.2) is 4.39 Å². The third kappa shape index (κ3) is 4.37. The lowest BCUT2D eigenvalue weighted by atomic mass is 9.89. The van der Waals surface area contributed by atoms with E-state index in [2.05, 4.69) is 0 Å². The summed E-state index contributed by atoms with van der Waals surface area (Å²) in [5.41, 5.74) is 1.15. The number of rotatable bonds is 4. The van der Waals surface area contributed by atoms with E-state index >= 15 is 0 Å². The van der Waals surface area contributed by atoms with Crippen molar-refractivity contribution in [3.8, 4) is 11.8 Å². The fourth-order valence-electron chi connectivity index (χ4n) is 3.22. The summed E-state index contributed by atoms with van der Waals surface area (Å²) in [7, 11) is 0. The molecule has 2 aromatic rings. The molecular weight excluding hydrogens is 329 g/mol. The quantitative estimate of drug-likeness (QED) is 0.322. The summed E-state index contributed by atoms with van der Waals surface area (Å²) in [6, 6.07) is 15.1. The van der Waals surface area contributed by atoms with Gasteiger partial charge in [-0.3, -0.25) is 4.79 Å². The van der Waals surface area contributed by atoms with Crippen molar-refractivity contribution in [3.63, 3.8) is 0 Å². The Bertz CT molecular complexity index is 860. The number of carbonyl (C=O) groups is 1. The first-order valence-corrected chi connectivity index (χ1v) is 8.86. The minimum absolute atomic E-state index is 0.0315. The van der Waals surface area contributed by atoms with Gasteiger partial charge in [0, 0.05) is 5.56 Å². The highest BCUT2D eigenvalue weighted by atomic mass is 19.1. The number of ether oxygens (including phenoxy) is 1. The number of nitrogens with zero attached hydrogens (tertiary/aromatic N) is 1. The highest BCUT2D eigenvalue weighted by Crippen LogP contribution is 2.27. The Morgan fingerprint density at radius 3 is 2.62 bits per heavy atom. The van der Waals surface area contributed by atoms with Crippen molar-refractivity contribution in [2.75, 3.05) is 0 Å². The van der Waals surface area contributed by atoms with Crippen LogP contribution in [0.4, 0.5) is 4.39 Å². The Morgan fingerprint density at radius 2 is 1.88 bits per heavy atom. The van der Waals surface area contributed by atoms with E-state index in [0.29, 0.717) is 11.3 Å². The molecule has 0 aliphatic heterocycles. The maximum atomic E-state index is 13.9. The Balaban J connectivity index is 1.79. The van der Waals surface area contributed by atoms with Crippen LogP contribution in [0.1, 0.15) is 43.2 Å². The van der Waals surface area contributed by atoms with Crippen molar-refractivity contribution >= 4 is 17.6 Å². The van der Waals surface area contributed by atoms with E-state index in [-0.39, 0.29) is 23.0 Å². The second kappa shape index (κ2) is 8.44. The van der Waals surface area contributed by atoms with E-state index in [1.54, 1.807) is 48.5 Å². The molecule has 0 spiro atoms. The normalized spacial score (nSPS) is 15.3.